The molecule has 2 heterocycles. The summed E-state index contributed by atoms with van der Waals surface area (Å²) >= 11 is 0. The maximum absolute atomic E-state index is 11.9. The van der Waals surface area contributed by atoms with E-state index in [-0.39, 0.29) is 12.5 Å². The van der Waals surface area contributed by atoms with E-state index in [9.17, 15) is 4.79 Å². The molecule has 1 atom stereocenters. The number of carbonyl (C=O) groups excluding carboxylic acids is 1. The highest BCUT2D eigenvalue weighted by atomic mass is 16.5. The van der Waals surface area contributed by atoms with Crippen LogP contribution >= 0.6 is 0 Å². The lowest BCUT2D eigenvalue weighted by Gasteiger charge is -2.40. The summed E-state index contributed by atoms with van der Waals surface area (Å²) in [5.41, 5.74) is 0.385. The van der Waals surface area contributed by atoms with E-state index in [1.54, 1.807) is 7.11 Å². The van der Waals surface area contributed by atoms with Crippen molar-refractivity contribution in [1.29, 1.82) is 0 Å². The largest absolute Gasteiger partial charge is 0.375 e. The van der Waals surface area contributed by atoms with Crippen LogP contribution in [-0.2, 0) is 9.53 Å². The second kappa shape index (κ2) is 5.41. The first-order chi connectivity index (χ1) is 9.21. The molecule has 19 heavy (non-hydrogen) atoms. The third-order valence-corrected chi connectivity index (χ3v) is 5.01. The first-order valence-electron chi connectivity index (χ1n) is 7.70. The third-order valence-electron chi connectivity index (χ3n) is 5.01. The normalized spacial score (nSPS) is 32.2. The molecule has 3 rings (SSSR count). The summed E-state index contributed by atoms with van der Waals surface area (Å²) in [5, 5.41) is 0. The second-order valence-electron chi connectivity index (χ2n) is 6.78. The van der Waals surface area contributed by atoms with Gasteiger partial charge in [0, 0.05) is 38.7 Å². The Morgan fingerprint density at radius 2 is 2.11 bits per heavy atom. The Balaban J connectivity index is 1.56. The third kappa shape index (κ3) is 3.11. The molecule has 1 aliphatic carbocycles. The number of hydrogen-bond acceptors (Lipinski definition) is 3. The summed E-state index contributed by atoms with van der Waals surface area (Å²) in [5.74, 6) is 1.14. The molecular weight excluding hydrogens is 240 g/mol. The minimum absolute atomic E-state index is 0.165. The molecule has 1 spiro atoms. The Kier molecular flexibility index (Phi) is 3.81. The number of methoxy groups -OCH3 is 1. The molecule has 1 saturated carbocycles. The Bertz CT molecular complexity index is 343. The highest BCUT2D eigenvalue weighted by Gasteiger charge is 2.43. The van der Waals surface area contributed by atoms with Crippen LogP contribution in [0.25, 0.3) is 0 Å². The molecular formula is C15H26N2O2. The van der Waals surface area contributed by atoms with Gasteiger partial charge in [-0.2, -0.15) is 0 Å². The van der Waals surface area contributed by atoms with Gasteiger partial charge < -0.3 is 14.5 Å². The monoisotopic (exact) mass is 266 g/mol. The number of piperidine rings is 1. The van der Waals surface area contributed by atoms with E-state index >= 15 is 0 Å². The van der Waals surface area contributed by atoms with Gasteiger partial charge in [0.05, 0.1) is 0 Å². The number of amides is 1. The zero-order valence-corrected chi connectivity index (χ0v) is 12.1. The van der Waals surface area contributed by atoms with Gasteiger partial charge in [0.15, 0.2) is 0 Å². The van der Waals surface area contributed by atoms with Gasteiger partial charge in [-0.1, -0.05) is 0 Å². The van der Waals surface area contributed by atoms with Crippen molar-refractivity contribution >= 4 is 5.91 Å². The molecule has 108 valence electrons. The van der Waals surface area contributed by atoms with Gasteiger partial charge in [-0.15, -0.1) is 0 Å². The van der Waals surface area contributed by atoms with Crippen LogP contribution in [0.5, 0.6) is 0 Å². The number of likely N-dealkylation sites (tertiary alicyclic amines) is 2. The summed E-state index contributed by atoms with van der Waals surface area (Å²) in [7, 11) is 1.60. The Morgan fingerprint density at radius 3 is 2.84 bits per heavy atom. The summed E-state index contributed by atoms with van der Waals surface area (Å²) in [6.45, 7) is 5.90. The van der Waals surface area contributed by atoms with Crippen molar-refractivity contribution in [3.8, 4) is 0 Å². The summed E-state index contributed by atoms with van der Waals surface area (Å²) < 4.78 is 4.97. The average molecular weight is 266 g/mol. The van der Waals surface area contributed by atoms with Gasteiger partial charge in [-0.05, 0) is 44.6 Å². The molecule has 0 aromatic carbocycles. The first kappa shape index (κ1) is 13.4. The zero-order chi connectivity index (χ0) is 13.3. The Labute approximate surface area is 116 Å². The number of hydrogen-bond donors (Lipinski definition) is 0. The van der Waals surface area contributed by atoms with E-state index in [0.29, 0.717) is 5.41 Å². The zero-order valence-electron chi connectivity index (χ0n) is 12.1. The van der Waals surface area contributed by atoms with E-state index < -0.39 is 0 Å². The smallest absolute Gasteiger partial charge is 0.248 e. The molecule has 3 fully saturated rings. The topological polar surface area (TPSA) is 32.8 Å². The van der Waals surface area contributed by atoms with Crippen LogP contribution in [0.3, 0.4) is 0 Å². The highest BCUT2D eigenvalue weighted by molar-refractivity contribution is 5.77. The van der Waals surface area contributed by atoms with E-state index in [4.69, 9.17) is 4.74 Å². The molecule has 2 aliphatic heterocycles. The van der Waals surface area contributed by atoms with Crippen molar-refractivity contribution in [2.75, 3.05) is 46.4 Å². The SMILES string of the molecule is COCC(=O)N1CCC2(CCCN(CC3CC3)C2)C1. The predicted octanol–water partition coefficient (Wildman–Crippen LogP) is 1.36. The van der Waals surface area contributed by atoms with E-state index in [1.165, 1.54) is 51.7 Å². The molecule has 0 radical (unpaired) electrons. The maximum Gasteiger partial charge on any atom is 0.248 e. The lowest BCUT2D eigenvalue weighted by molar-refractivity contribution is -0.134. The molecule has 0 aromatic rings. The fourth-order valence-corrected chi connectivity index (χ4v) is 3.83. The number of nitrogens with zero attached hydrogens (tertiary/aromatic N) is 2. The molecule has 0 bridgehead atoms. The molecule has 0 N–H and O–H groups in total. The fourth-order valence-electron chi connectivity index (χ4n) is 3.83. The van der Waals surface area contributed by atoms with Crippen molar-refractivity contribution in [3.63, 3.8) is 0 Å². The number of ether oxygens (including phenoxy) is 1. The quantitative estimate of drug-likeness (QED) is 0.770. The van der Waals surface area contributed by atoms with Crippen LogP contribution in [-0.4, -0.2) is 62.1 Å². The summed E-state index contributed by atoms with van der Waals surface area (Å²) in [6.07, 6.45) is 6.65. The summed E-state index contributed by atoms with van der Waals surface area (Å²) in [4.78, 5) is 16.6. The average Bonchev–Trinajstić information content (AvgIpc) is 3.11. The van der Waals surface area contributed by atoms with Crippen molar-refractivity contribution in [1.82, 2.24) is 9.80 Å². The summed E-state index contributed by atoms with van der Waals surface area (Å²) in [6, 6.07) is 0. The van der Waals surface area contributed by atoms with Crippen LogP contribution in [0.15, 0.2) is 0 Å². The molecule has 2 saturated heterocycles. The van der Waals surface area contributed by atoms with Gasteiger partial charge in [0.25, 0.3) is 0 Å². The van der Waals surface area contributed by atoms with Crippen molar-refractivity contribution < 1.29 is 9.53 Å². The predicted molar refractivity (Wildman–Crippen MR) is 73.9 cm³/mol. The highest BCUT2D eigenvalue weighted by Crippen LogP contribution is 2.40. The van der Waals surface area contributed by atoms with Gasteiger partial charge in [0.2, 0.25) is 5.91 Å². The van der Waals surface area contributed by atoms with E-state index in [2.05, 4.69) is 4.90 Å². The van der Waals surface area contributed by atoms with Crippen LogP contribution in [0.4, 0.5) is 0 Å². The van der Waals surface area contributed by atoms with Gasteiger partial charge >= 0.3 is 0 Å². The van der Waals surface area contributed by atoms with Crippen molar-refractivity contribution in [2.24, 2.45) is 11.3 Å². The molecule has 1 unspecified atom stereocenters. The maximum atomic E-state index is 11.9. The lowest BCUT2D eigenvalue weighted by Crippen LogP contribution is -2.46. The van der Waals surface area contributed by atoms with E-state index in [1.807, 2.05) is 4.90 Å². The second-order valence-corrected chi connectivity index (χ2v) is 6.78. The van der Waals surface area contributed by atoms with Crippen molar-refractivity contribution in [2.45, 2.75) is 32.1 Å². The first-order valence-corrected chi connectivity index (χ1v) is 7.70. The van der Waals surface area contributed by atoms with Crippen LogP contribution < -0.4 is 0 Å². The standard InChI is InChI=1S/C15H26N2O2/c1-19-10-14(18)17-8-6-15(12-17)5-2-7-16(11-15)9-13-3-4-13/h13H,2-12H2,1H3. The van der Waals surface area contributed by atoms with Crippen molar-refractivity contribution in [3.05, 3.63) is 0 Å². The van der Waals surface area contributed by atoms with E-state index in [0.717, 1.165) is 19.0 Å². The molecule has 4 heteroatoms. The number of rotatable bonds is 4. The molecule has 0 aromatic heterocycles. The minimum Gasteiger partial charge on any atom is -0.375 e. The molecule has 3 aliphatic rings. The molecule has 4 nitrogen and oxygen atoms in total. The lowest BCUT2D eigenvalue weighted by atomic mass is 9.79. The van der Waals surface area contributed by atoms with Crippen LogP contribution in [0, 0.1) is 11.3 Å². The molecule has 1 amide bonds. The van der Waals surface area contributed by atoms with Crippen LogP contribution in [0.2, 0.25) is 0 Å². The number of carbonyl (C=O) groups is 1. The van der Waals surface area contributed by atoms with Gasteiger partial charge in [-0.3, -0.25) is 4.79 Å². The Morgan fingerprint density at radius 1 is 1.26 bits per heavy atom. The minimum atomic E-state index is 0.165. The fraction of sp³-hybridized carbons (Fsp3) is 0.933. The van der Waals surface area contributed by atoms with Crippen LogP contribution in [0.1, 0.15) is 32.1 Å². The Hall–Kier alpha value is -0.610. The van der Waals surface area contributed by atoms with Gasteiger partial charge in [0.1, 0.15) is 6.61 Å². The van der Waals surface area contributed by atoms with Gasteiger partial charge in [-0.25, -0.2) is 0 Å².